The van der Waals surface area contributed by atoms with Gasteiger partial charge >= 0.3 is 11.9 Å². The average Bonchev–Trinajstić information content (AvgIpc) is 3.24. The van der Waals surface area contributed by atoms with Crippen molar-refractivity contribution in [3.05, 3.63) is 29.8 Å². The highest BCUT2D eigenvalue weighted by molar-refractivity contribution is 9.09. The zero-order valence-electron chi connectivity index (χ0n) is 15.2. The monoisotopic (exact) mass is 435 g/mol. The van der Waals surface area contributed by atoms with Crippen molar-refractivity contribution in [1.29, 1.82) is 0 Å². The highest BCUT2D eigenvalue weighted by Crippen LogP contribution is 2.60. The van der Waals surface area contributed by atoms with Crippen molar-refractivity contribution in [1.82, 2.24) is 0 Å². The van der Waals surface area contributed by atoms with E-state index in [9.17, 15) is 14.4 Å². The smallest absolute Gasteiger partial charge is 0.338 e. The van der Waals surface area contributed by atoms with Crippen LogP contribution in [0.2, 0.25) is 0 Å². The lowest BCUT2D eigenvalue weighted by Crippen LogP contribution is -2.40. The molecule has 1 heterocycles. The first kappa shape index (κ1) is 18.5. The first-order valence-corrected chi connectivity index (χ1v) is 10.2. The fourth-order valence-corrected chi connectivity index (χ4v) is 5.62. The van der Waals surface area contributed by atoms with E-state index < -0.39 is 0 Å². The lowest BCUT2D eigenvalue weighted by atomic mass is 9.79. The molecule has 0 unspecified atom stereocenters. The van der Waals surface area contributed by atoms with Gasteiger partial charge in [-0.05, 0) is 42.5 Å². The van der Waals surface area contributed by atoms with Gasteiger partial charge in [0.1, 0.15) is 6.10 Å². The molecule has 7 heteroatoms. The molecule has 1 aliphatic heterocycles. The summed E-state index contributed by atoms with van der Waals surface area (Å²) in [5.41, 5.74) is 1.04. The summed E-state index contributed by atoms with van der Waals surface area (Å²) < 4.78 is 10.6. The Bertz CT molecular complexity index is 777. The zero-order chi connectivity index (χ0) is 19.3. The van der Waals surface area contributed by atoms with Crippen LogP contribution in [-0.4, -0.2) is 35.4 Å². The SMILES string of the molecule is CC(C)COC(=O)c1ccc(NC(=O)[C@H]2[C@H]3C[C@H]4[C@H](OC(=O)[C@@H]42)[C@@H]3Br)cc1. The van der Waals surface area contributed by atoms with Gasteiger partial charge in [0.15, 0.2) is 0 Å². The molecule has 0 aromatic heterocycles. The number of halogens is 1. The maximum Gasteiger partial charge on any atom is 0.338 e. The van der Waals surface area contributed by atoms with Crippen molar-refractivity contribution < 1.29 is 23.9 Å². The number of nitrogens with one attached hydrogen (secondary N) is 1. The number of rotatable bonds is 5. The molecule has 2 saturated carbocycles. The molecule has 6 nitrogen and oxygen atoms in total. The number of esters is 2. The van der Waals surface area contributed by atoms with E-state index in [4.69, 9.17) is 9.47 Å². The molecule has 0 spiro atoms. The Morgan fingerprint density at radius 2 is 1.96 bits per heavy atom. The van der Waals surface area contributed by atoms with Crippen molar-refractivity contribution in [2.75, 3.05) is 11.9 Å². The molecule has 1 aromatic rings. The third-order valence-corrected chi connectivity index (χ3v) is 6.96. The molecule has 1 amide bonds. The third kappa shape index (κ3) is 3.16. The van der Waals surface area contributed by atoms with Gasteiger partial charge in [-0.15, -0.1) is 0 Å². The van der Waals surface area contributed by atoms with Crippen LogP contribution in [0, 0.1) is 29.6 Å². The van der Waals surface area contributed by atoms with Gasteiger partial charge in [0.2, 0.25) is 5.91 Å². The van der Waals surface area contributed by atoms with E-state index in [1.165, 1.54) is 0 Å². The van der Waals surface area contributed by atoms with Gasteiger partial charge in [-0.25, -0.2) is 4.79 Å². The summed E-state index contributed by atoms with van der Waals surface area (Å²) >= 11 is 3.61. The van der Waals surface area contributed by atoms with Gasteiger partial charge < -0.3 is 14.8 Å². The van der Waals surface area contributed by atoms with Crippen LogP contribution in [0.25, 0.3) is 0 Å². The number of hydrogen-bond acceptors (Lipinski definition) is 5. The molecule has 6 atom stereocenters. The number of fused-ring (bicyclic) bond motifs is 1. The van der Waals surface area contributed by atoms with Gasteiger partial charge in [0.25, 0.3) is 0 Å². The van der Waals surface area contributed by atoms with Gasteiger partial charge in [-0.1, -0.05) is 29.8 Å². The predicted molar refractivity (Wildman–Crippen MR) is 101 cm³/mol. The van der Waals surface area contributed by atoms with Crippen molar-refractivity contribution >= 4 is 39.5 Å². The fraction of sp³-hybridized carbons (Fsp3) is 0.550. The van der Waals surface area contributed by atoms with Crippen LogP contribution in [0.15, 0.2) is 24.3 Å². The number of hydrogen-bond donors (Lipinski definition) is 1. The Kier molecular flexibility index (Phi) is 4.74. The van der Waals surface area contributed by atoms with Crippen LogP contribution >= 0.6 is 15.9 Å². The maximum absolute atomic E-state index is 12.8. The number of ether oxygens (including phenoxy) is 2. The molecule has 3 aliphatic rings. The Balaban J connectivity index is 1.42. The average molecular weight is 436 g/mol. The highest BCUT2D eigenvalue weighted by Gasteiger charge is 2.67. The van der Waals surface area contributed by atoms with Crippen molar-refractivity contribution in [2.45, 2.75) is 31.2 Å². The van der Waals surface area contributed by atoms with Crippen LogP contribution in [0.4, 0.5) is 5.69 Å². The van der Waals surface area contributed by atoms with Crippen LogP contribution in [0.3, 0.4) is 0 Å². The largest absolute Gasteiger partial charge is 0.462 e. The van der Waals surface area contributed by atoms with Crippen LogP contribution in [0.1, 0.15) is 30.6 Å². The number of anilines is 1. The van der Waals surface area contributed by atoms with Gasteiger partial charge in [-0.3, -0.25) is 9.59 Å². The second-order valence-electron chi connectivity index (χ2n) is 8.02. The Morgan fingerprint density at radius 1 is 1.26 bits per heavy atom. The molecule has 4 rings (SSSR count). The lowest BCUT2D eigenvalue weighted by Gasteiger charge is -2.27. The first-order chi connectivity index (χ1) is 12.9. The summed E-state index contributed by atoms with van der Waals surface area (Å²) in [6, 6.07) is 6.62. The quantitative estimate of drug-likeness (QED) is 0.567. The summed E-state index contributed by atoms with van der Waals surface area (Å²) in [4.78, 5) is 37.0. The molecular weight excluding hydrogens is 414 g/mol. The predicted octanol–water partition coefficient (Wildman–Crippen LogP) is 3.01. The van der Waals surface area contributed by atoms with Crippen LogP contribution < -0.4 is 5.32 Å². The fourth-order valence-electron chi connectivity index (χ4n) is 4.57. The molecule has 144 valence electrons. The summed E-state index contributed by atoms with van der Waals surface area (Å²) in [5.74, 6) is -0.976. The van der Waals surface area contributed by atoms with Gasteiger partial charge in [0, 0.05) is 11.6 Å². The standard InChI is InChI=1S/C20H22BrNO5/c1-9(2)8-26-19(24)10-3-5-11(6-4-10)22-18(23)14-12-7-13-15(14)20(25)27-17(13)16(12)21/h3-6,9,12-17H,7-8H2,1-2H3,(H,22,23)/t12-,13-,14+,15+,16-,17+/m1/s1. The topological polar surface area (TPSA) is 81.7 Å². The van der Waals surface area contributed by atoms with E-state index in [2.05, 4.69) is 21.2 Å². The maximum atomic E-state index is 12.8. The number of carbonyl (C=O) groups excluding carboxylic acids is 3. The molecule has 27 heavy (non-hydrogen) atoms. The minimum Gasteiger partial charge on any atom is -0.462 e. The van der Waals surface area contributed by atoms with E-state index in [1.807, 2.05) is 13.8 Å². The van der Waals surface area contributed by atoms with Crippen molar-refractivity contribution in [3.8, 4) is 0 Å². The molecule has 1 saturated heterocycles. The number of alkyl halides is 1. The molecule has 2 bridgehead atoms. The van der Waals surface area contributed by atoms with Crippen LogP contribution in [0.5, 0.6) is 0 Å². The highest BCUT2D eigenvalue weighted by atomic mass is 79.9. The number of carbonyl (C=O) groups is 3. The Labute approximate surface area is 166 Å². The van der Waals surface area contributed by atoms with Gasteiger partial charge in [-0.2, -0.15) is 0 Å². The van der Waals surface area contributed by atoms with E-state index in [0.717, 1.165) is 6.42 Å². The second kappa shape index (κ2) is 6.93. The van der Waals surface area contributed by atoms with E-state index in [-0.39, 0.29) is 58.4 Å². The first-order valence-electron chi connectivity index (χ1n) is 9.29. The van der Waals surface area contributed by atoms with Crippen molar-refractivity contribution in [2.24, 2.45) is 29.6 Å². The van der Waals surface area contributed by atoms with Crippen LogP contribution in [-0.2, 0) is 19.1 Å². The summed E-state index contributed by atoms with van der Waals surface area (Å²) in [7, 11) is 0. The molecule has 1 N–H and O–H groups in total. The number of amides is 1. The van der Waals surface area contributed by atoms with Crippen molar-refractivity contribution in [3.63, 3.8) is 0 Å². The lowest BCUT2D eigenvalue weighted by molar-refractivity contribution is -0.145. The Hall–Kier alpha value is -1.89. The normalized spacial score (nSPS) is 33.3. The summed E-state index contributed by atoms with van der Waals surface area (Å²) in [6.45, 7) is 4.32. The summed E-state index contributed by atoms with van der Waals surface area (Å²) in [5, 5.41) is 2.89. The molecular formula is C20H22BrNO5. The third-order valence-electron chi connectivity index (χ3n) is 5.76. The summed E-state index contributed by atoms with van der Waals surface area (Å²) in [6.07, 6.45) is 0.753. The molecule has 2 aliphatic carbocycles. The minimum absolute atomic E-state index is 0.0408. The van der Waals surface area contributed by atoms with E-state index in [0.29, 0.717) is 17.9 Å². The number of benzene rings is 1. The molecule has 0 radical (unpaired) electrons. The van der Waals surface area contributed by atoms with E-state index in [1.54, 1.807) is 24.3 Å². The Morgan fingerprint density at radius 3 is 2.63 bits per heavy atom. The molecule has 1 aromatic carbocycles. The minimum atomic E-state index is -0.378. The van der Waals surface area contributed by atoms with E-state index >= 15 is 0 Å². The van der Waals surface area contributed by atoms with Gasteiger partial charge in [0.05, 0.1) is 28.8 Å². The second-order valence-corrected chi connectivity index (χ2v) is 9.08. The molecule has 3 fully saturated rings. The zero-order valence-corrected chi connectivity index (χ0v) is 16.8.